The van der Waals surface area contributed by atoms with Gasteiger partial charge in [-0.2, -0.15) is 0 Å². The monoisotopic (exact) mass is 250 g/mol. The first-order valence-corrected chi connectivity index (χ1v) is 6.98. The smallest absolute Gasteiger partial charge is 0.163 e. The Hall–Kier alpha value is -0.850. The molecule has 0 aromatic heterocycles. The average Bonchev–Trinajstić information content (AvgIpc) is 2.67. The lowest BCUT2D eigenvalue weighted by atomic mass is 9.86. The minimum Gasteiger partial charge on any atom is -0.385 e. The zero-order chi connectivity index (χ0) is 13.9. The molecule has 1 aliphatic carbocycles. The maximum atomic E-state index is 11.8. The van der Waals surface area contributed by atoms with Gasteiger partial charge in [-0.1, -0.05) is 26.7 Å². The van der Waals surface area contributed by atoms with Crippen molar-refractivity contribution >= 4 is 5.78 Å². The van der Waals surface area contributed by atoms with Crippen molar-refractivity contribution < 1.29 is 9.90 Å². The number of aliphatic hydroxyl groups is 1. The van der Waals surface area contributed by atoms with Gasteiger partial charge in [0.15, 0.2) is 5.78 Å². The number of hydrogen-bond donors (Lipinski definition) is 1. The van der Waals surface area contributed by atoms with E-state index < -0.39 is 5.60 Å². The molecule has 0 amide bonds. The van der Waals surface area contributed by atoms with Crippen LogP contribution in [0, 0.1) is 11.8 Å². The summed E-state index contributed by atoms with van der Waals surface area (Å²) in [6.45, 7) is 9.21. The average molecular weight is 250 g/mol. The summed E-state index contributed by atoms with van der Waals surface area (Å²) in [6.07, 6.45) is 4.56. The molecule has 2 heteroatoms. The molecule has 0 heterocycles. The van der Waals surface area contributed by atoms with E-state index in [0.717, 1.165) is 24.0 Å². The number of hydrogen-bond acceptors (Lipinski definition) is 2. The Kier molecular flexibility index (Phi) is 4.95. The summed E-state index contributed by atoms with van der Waals surface area (Å²) < 4.78 is 0. The number of carbonyl (C=O) groups is 1. The van der Waals surface area contributed by atoms with Gasteiger partial charge in [0.2, 0.25) is 0 Å². The van der Waals surface area contributed by atoms with E-state index in [1.165, 1.54) is 12.8 Å². The Morgan fingerprint density at radius 3 is 2.11 bits per heavy atom. The zero-order valence-electron chi connectivity index (χ0n) is 12.3. The topological polar surface area (TPSA) is 37.3 Å². The molecule has 1 rings (SSSR count). The highest BCUT2D eigenvalue weighted by Gasteiger charge is 2.26. The Morgan fingerprint density at radius 1 is 1.28 bits per heavy atom. The van der Waals surface area contributed by atoms with Gasteiger partial charge < -0.3 is 5.11 Å². The van der Waals surface area contributed by atoms with Crippen molar-refractivity contribution in [1.29, 1.82) is 0 Å². The van der Waals surface area contributed by atoms with Crippen LogP contribution in [-0.2, 0) is 4.79 Å². The molecule has 1 fully saturated rings. The largest absolute Gasteiger partial charge is 0.385 e. The van der Waals surface area contributed by atoms with Gasteiger partial charge in [-0.05, 0) is 45.4 Å². The van der Waals surface area contributed by atoms with E-state index in [2.05, 4.69) is 5.73 Å². The first-order valence-electron chi connectivity index (χ1n) is 6.98. The Labute approximate surface area is 111 Å². The molecule has 1 aliphatic rings. The number of Topliss-reactive ketones (excluding diaryl/α,β-unsaturated/α-hetero) is 1. The summed E-state index contributed by atoms with van der Waals surface area (Å²) in [6, 6.07) is 0. The van der Waals surface area contributed by atoms with Gasteiger partial charge in [0.25, 0.3) is 0 Å². The lowest BCUT2D eigenvalue weighted by molar-refractivity contribution is -0.114. The van der Waals surface area contributed by atoms with Crippen molar-refractivity contribution in [2.75, 3.05) is 0 Å². The van der Waals surface area contributed by atoms with Crippen LogP contribution < -0.4 is 0 Å². The Balaban J connectivity index is 3.29. The second-order valence-corrected chi connectivity index (χ2v) is 6.20. The standard InChI is InChI=1S/C16H26O2/c1-11(2)15(16(4,5)18)10-14(12(3)17)13-8-6-7-9-13/h11,13,18H,6-9H2,1-5H3. The van der Waals surface area contributed by atoms with E-state index >= 15 is 0 Å². The van der Waals surface area contributed by atoms with Gasteiger partial charge in [-0.15, -0.1) is 5.73 Å². The van der Waals surface area contributed by atoms with Gasteiger partial charge in [0.1, 0.15) is 0 Å². The summed E-state index contributed by atoms with van der Waals surface area (Å²) in [5.74, 6) is 0.642. The Morgan fingerprint density at radius 2 is 1.78 bits per heavy atom. The molecule has 0 radical (unpaired) electrons. The normalized spacial score (nSPS) is 16.8. The van der Waals surface area contributed by atoms with Crippen LogP contribution in [0.25, 0.3) is 0 Å². The molecule has 0 bridgehead atoms. The first kappa shape index (κ1) is 15.2. The van der Waals surface area contributed by atoms with Gasteiger partial charge in [0, 0.05) is 11.1 Å². The molecule has 18 heavy (non-hydrogen) atoms. The lowest BCUT2D eigenvalue weighted by Crippen LogP contribution is -2.25. The first-order chi connectivity index (χ1) is 8.23. The van der Waals surface area contributed by atoms with Crippen LogP contribution in [0.3, 0.4) is 0 Å². The highest BCUT2D eigenvalue weighted by atomic mass is 16.3. The lowest BCUT2D eigenvalue weighted by Gasteiger charge is -2.23. The minimum atomic E-state index is -0.909. The highest BCUT2D eigenvalue weighted by Crippen LogP contribution is 2.32. The van der Waals surface area contributed by atoms with Crippen LogP contribution in [0.15, 0.2) is 16.9 Å². The van der Waals surface area contributed by atoms with E-state index in [-0.39, 0.29) is 11.7 Å². The van der Waals surface area contributed by atoms with Gasteiger partial charge in [-0.25, -0.2) is 0 Å². The second kappa shape index (κ2) is 5.86. The summed E-state index contributed by atoms with van der Waals surface area (Å²) in [7, 11) is 0. The second-order valence-electron chi connectivity index (χ2n) is 6.20. The molecule has 0 saturated heterocycles. The summed E-state index contributed by atoms with van der Waals surface area (Å²) in [5.41, 5.74) is 3.98. The third-order valence-electron chi connectivity index (χ3n) is 3.65. The fourth-order valence-electron chi connectivity index (χ4n) is 2.84. The van der Waals surface area contributed by atoms with Crippen molar-refractivity contribution in [3.63, 3.8) is 0 Å². The van der Waals surface area contributed by atoms with Gasteiger partial charge in [-0.3, -0.25) is 4.79 Å². The van der Waals surface area contributed by atoms with Crippen LogP contribution in [0.5, 0.6) is 0 Å². The molecule has 0 aromatic rings. The van der Waals surface area contributed by atoms with Crippen LogP contribution in [0.2, 0.25) is 0 Å². The maximum absolute atomic E-state index is 11.8. The number of carbonyl (C=O) groups excluding carboxylic acids is 1. The van der Waals surface area contributed by atoms with Gasteiger partial charge >= 0.3 is 0 Å². The fourth-order valence-corrected chi connectivity index (χ4v) is 2.84. The minimum absolute atomic E-state index is 0.101. The van der Waals surface area contributed by atoms with Crippen molar-refractivity contribution in [3.05, 3.63) is 16.9 Å². The quantitative estimate of drug-likeness (QED) is 0.611. The summed E-state index contributed by atoms with van der Waals surface area (Å²) >= 11 is 0. The highest BCUT2D eigenvalue weighted by molar-refractivity contribution is 5.93. The molecule has 2 nitrogen and oxygen atoms in total. The SMILES string of the molecule is CC(=O)C(=C=C(C(C)C)C(C)(C)O)C1CCCC1. The molecule has 0 atom stereocenters. The summed E-state index contributed by atoms with van der Waals surface area (Å²) in [4.78, 5) is 11.8. The van der Waals surface area contributed by atoms with Crippen molar-refractivity contribution in [2.45, 2.75) is 65.9 Å². The third kappa shape index (κ3) is 3.83. The summed E-state index contributed by atoms with van der Waals surface area (Å²) in [5, 5.41) is 10.2. The molecule has 1 N–H and O–H groups in total. The molecular weight excluding hydrogens is 224 g/mol. The molecule has 0 aliphatic heterocycles. The van der Waals surface area contributed by atoms with E-state index in [1.807, 2.05) is 13.8 Å². The molecule has 0 aromatic carbocycles. The van der Waals surface area contributed by atoms with Crippen molar-refractivity contribution in [2.24, 2.45) is 11.8 Å². The Bertz CT molecular complexity index is 370. The van der Waals surface area contributed by atoms with Crippen molar-refractivity contribution in [1.82, 2.24) is 0 Å². The van der Waals surface area contributed by atoms with E-state index in [4.69, 9.17) is 0 Å². The van der Waals surface area contributed by atoms with Gasteiger partial charge in [0.05, 0.1) is 5.60 Å². The van der Waals surface area contributed by atoms with Crippen LogP contribution in [-0.4, -0.2) is 16.5 Å². The molecule has 0 unspecified atom stereocenters. The van der Waals surface area contributed by atoms with E-state index in [0.29, 0.717) is 5.92 Å². The molecule has 0 spiro atoms. The van der Waals surface area contributed by atoms with Crippen LogP contribution in [0.1, 0.15) is 60.3 Å². The molecule has 1 saturated carbocycles. The number of ketones is 1. The van der Waals surface area contributed by atoms with Crippen LogP contribution >= 0.6 is 0 Å². The molecule has 102 valence electrons. The van der Waals surface area contributed by atoms with E-state index in [9.17, 15) is 9.90 Å². The van der Waals surface area contributed by atoms with Crippen LogP contribution in [0.4, 0.5) is 0 Å². The molecular formula is C16H26O2. The maximum Gasteiger partial charge on any atom is 0.163 e. The van der Waals surface area contributed by atoms with E-state index in [1.54, 1.807) is 20.8 Å². The fraction of sp³-hybridized carbons (Fsp3) is 0.750. The third-order valence-corrected chi connectivity index (χ3v) is 3.65. The predicted molar refractivity (Wildman–Crippen MR) is 74.3 cm³/mol. The van der Waals surface area contributed by atoms with Crippen molar-refractivity contribution in [3.8, 4) is 0 Å². The zero-order valence-corrected chi connectivity index (χ0v) is 12.3. The predicted octanol–water partition coefficient (Wildman–Crippen LogP) is 3.64. The number of rotatable bonds is 4.